The van der Waals surface area contributed by atoms with Crippen molar-refractivity contribution in [2.75, 3.05) is 11.9 Å². The van der Waals surface area contributed by atoms with Gasteiger partial charge < -0.3 is 9.88 Å². The number of rotatable bonds is 9. The first kappa shape index (κ1) is 23.4. The Kier molecular flexibility index (Phi) is 7.61. The molecule has 0 fully saturated rings. The zero-order chi connectivity index (χ0) is 23.1. The molecule has 168 valence electrons. The van der Waals surface area contributed by atoms with Gasteiger partial charge in [0.2, 0.25) is 15.9 Å². The van der Waals surface area contributed by atoms with Gasteiger partial charge in [0.15, 0.2) is 0 Å². The Bertz CT molecular complexity index is 1200. The van der Waals surface area contributed by atoms with Crippen molar-refractivity contribution >= 4 is 27.7 Å². The Morgan fingerprint density at radius 1 is 1.16 bits per heavy atom. The molecule has 1 heterocycles. The quantitative estimate of drug-likeness (QED) is 0.480. The van der Waals surface area contributed by atoms with E-state index in [-0.39, 0.29) is 10.8 Å². The van der Waals surface area contributed by atoms with E-state index in [2.05, 4.69) is 33.4 Å². The van der Waals surface area contributed by atoms with E-state index in [0.717, 1.165) is 17.0 Å². The minimum absolute atomic E-state index is 0.191. The van der Waals surface area contributed by atoms with E-state index in [1.165, 1.54) is 18.2 Å². The average molecular weight is 453 g/mol. The summed E-state index contributed by atoms with van der Waals surface area (Å²) < 4.78 is 28.5. The van der Waals surface area contributed by atoms with E-state index in [9.17, 15) is 13.2 Å². The van der Waals surface area contributed by atoms with Crippen molar-refractivity contribution in [1.82, 2.24) is 14.3 Å². The number of amides is 1. The lowest BCUT2D eigenvalue weighted by atomic mass is 10.1. The zero-order valence-electron chi connectivity index (χ0n) is 18.4. The van der Waals surface area contributed by atoms with Gasteiger partial charge >= 0.3 is 0 Å². The first-order valence-corrected chi connectivity index (χ1v) is 12.0. The van der Waals surface area contributed by atoms with Gasteiger partial charge in [-0.1, -0.05) is 45.0 Å². The Morgan fingerprint density at radius 2 is 1.91 bits per heavy atom. The number of carbonyl (C=O) groups is 1. The van der Waals surface area contributed by atoms with Crippen LogP contribution in [0.1, 0.15) is 43.6 Å². The number of nitrogens with zero attached hydrogens (tertiary/aromatic N) is 2. The lowest BCUT2D eigenvalue weighted by molar-refractivity contribution is -0.111. The van der Waals surface area contributed by atoms with Gasteiger partial charge in [-0.2, -0.15) is 0 Å². The minimum atomic E-state index is -3.49. The predicted octanol–water partition coefficient (Wildman–Crippen LogP) is 4.00. The molecule has 0 atom stereocenters. The summed E-state index contributed by atoms with van der Waals surface area (Å²) in [6, 6.07) is 14.0. The first-order valence-electron chi connectivity index (χ1n) is 10.5. The molecule has 1 amide bonds. The maximum absolute atomic E-state index is 12.3. The van der Waals surface area contributed by atoms with Gasteiger partial charge in [-0.05, 0) is 41.5 Å². The lowest BCUT2D eigenvalue weighted by Crippen LogP contribution is -2.22. The fraction of sp³-hybridized carbons (Fsp3) is 0.250. The van der Waals surface area contributed by atoms with E-state index in [1.54, 1.807) is 31.3 Å². The standard InChI is InChI=1S/C24H28N4O3S/c1-4-26-32(30,31)22-11-8-19(9-12-22)10-13-23(29)27-21-7-5-6-20(16-21)17-28-15-14-25-24(28)18(2)3/h5-16,18,26H,4,17H2,1-3H3,(H,27,29). The molecule has 32 heavy (non-hydrogen) atoms. The maximum Gasteiger partial charge on any atom is 0.248 e. The number of hydrogen-bond donors (Lipinski definition) is 2. The first-order chi connectivity index (χ1) is 15.3. The van der Waals surface area contributed by atoms with Crippen LogP contribution in [0.4, 0.5) is 5.69 Å². The van der Waals surface area contributed by atoms with Crippen LogP contribution in [0.3, 0.4) is 0 Å². The fourth-order valence-electron chi connectivity index (χ4n) is 3.29. The summed E-state index contributed by atoms with van der Waals surface area (Å²) in [5.41, 5.74) is 2.49. The molecule has 0 saturated carbocycles. The lowest BCUT2D eigenvalue weighted by Gasteiger charge is -2.11. The second-order valence-electron chi connectivity index (χ2n) is 7.66. The summed E-state index contributed by atoms with van der Waals surface area (Å²) in [5.74, 6) is 1.08. The summed E-state index contributed by atoms with van der Waals surface area (Å²) >= 11 is 0. The van der Waals surface area contributed by atoms with Crippen molar-refractivity contribution < 1.29 is 13.2 Å². The molecule has 0 unspecified atom stereocenters. The summed E-state index contributed by atoms with van der Waals surface area (Å²) in [6.07, 6.45) is 6.82. The largest absolute Gasteiger partial charge is 0.330 e. The van der Waals surface area contributed by atoms with Crippen LogP contribution in [-0.4, -0.2) is 30.4 Å². The third-order valence-electron chi connectivity index (χ3n) is 4.76. The van der Waals surface area contributed by atoms with Crippen LogP contribution in [0, 0.1) is 0 Å². The Hall–Kier alpha value is -3.23. The number of anilines is 1. The molecule has 3 rings (SSSR count). The number of carbonyl (C=O) groups excluding carboxylic acids is 1. The number of sulfonamides is 1. The number of hydrogen-bond acceptors (Lipinski definition) is 4. The van der Waals surface area contributed by atoms with Crippen LogP contribution in [0.2, 0.25) is 0 Å². The number of aromatic nitrogens is 2. The van der Waals surface area contributed by atoms with Gasteiger partial charge in [-0.25, -0.2) is 18.1 Å². The Labute approximate surface area is 189 Å². The third-order valence-corrected chi connectivity index (χ3v) is 6.32. The smallest absolute Gasteiger partial charge is 0.248 e. The molecule has 0 saturated heterocycles. The summed E-state index contributed by atoms with van der Waals surface area (Å²) in [5, 5.41) is 2.87. The Morgan fingerprint density at radius 3 is 2.59 bits per heavy atom. The van der Waals surface area contributed by atoms with Crippen molar-refractivity contribution in [2.45, 2.75) is 38.1 Å². The summed E-state index contributed by atoms with van der Waals surface area (Å²) in [4.78, 5) is 17.0. The fourth-order valence-corrected chi connectivity index (χ4v) is 4.33. The van der Waals surface area contributed by atoms with Gasteiger partial charge in [-0.3, -0.25) is 4.79 Å². The molecular weight excluding hydrogens is 424 g/mol. The van der Waals surface area contributed by atoms with Crippen molar-refractivity contribution in [3.8, 4) is 0 Å². The number of benzene rings is 2. The van der Waals surface area contributed by atoms with Crippen LogP contribution < -0.4 is 10.0 Å². The molecule has 0 radical (unpaired) electrons. The van der Waals surface area contributed by atoms with E-state index in [1.807, 2.05) is 30.5 Å². The number of imidazole rings is 1. The molecule has 0 aliphatic heterocycles. The van der Waals surface area contributed by atoms with Crippen LogP contribution in [0.5, 0.6) is 0 Å². The molecule has 0 aliphatic rings. The van der Waals surface area contributed by atoms with Crippen molar-refractivity contribution in [2.24, 2.45) is 0 Å². The second-order valence-corrected chi connectivity index (χ2v) is 9.43. The van der Waals surface area contributed by atoms with Gasteiger partial charge in [0.1, 0.15) is 5.82 Å². The summed E-state index contributed by atoms with van der Waals surface area (Å²) in [7, 11) is -3.49. The molecule has 7 nitrogen and oxygen atoms in total. The SMILES string of the molecule is CCNS(=O)(=O)c1ccc(C=CC(=O)Nc2cccc(Cn3ccnc3C(C)C)c2)cc1. The molecule has 1 aromatic heterocycles. The van der Waals surface area contributed by atoms with E-state index < -0.39 is 10.0 Å². The third kappa shape index (κ3) is 6.15. The monoisotopic (exact) mass is 452 g/mol. The zero-order valence-corrected chi connectivity index (χ0v) is 19.3. The minimum Gasteiger partial charge on any atom is -0.330 e. The van der Waals surface area contributed by atoms with Crippen molar-refractivity contribution in [1.29, 1.82) is 0 Å². The average Bonchev–Trinajstić information content (AvgIpc) is 3.21. The molecule has 0 aliphatic carbocycles. The molecule has 2 N–H and O–H groups in total. The normalized spacial score (nSPS) is 11.9. The van der Waals surface area contributed by atoms with E-state index in [4.69, 9.17) is 0 Å². The highest BCUT2D eigenvalue weighted by Crippen LogP contribution is 2.17. The van der Waals surface area contributed by atoms with Crippen molar-refractivity contribution in [3.05, 3.63) is 84.0 Å². The molecular formula is C24H28N4O3S. The topological polar surface area (TPSA) is 93.1 Å². The van der Waals surface area contributed by atoms with E-state index >= 15 is 0 Å². The molecule has 2 aromatic carbocycles. The second kappa shape index (κ2) is 10.4. The molecule has 0 spiro atoms. The van der Waals surface area contributed by atoms with Crippen molar-refractivity contribution in [3.63, 3.8) is 0 Å². The maximum atomic E-state index is 12.3. The van der Waals surface area contributed by atoms with Crippen LogP contribution in [-0.2, 0) is 21.4 Å². The van der Waals surface area contributed by atoms with Gasteiger partial charge in [0.25, 0.3) is 0 Å². The highest BCUT2D eigenvalue weighted by molar-refractivity contribution is 7.89. The molecule has 0 bridgehead atoms. The van der Waals surface area contributed by atoms with E-state index in [0.29, 0.717) is 24.7 Å². The molecule has 8 heteroatoms. The van der Waals surface area contributed by atoms with Gasteiger partial charge in [0.05, 0.1) is 4.90 Å². The number of nitrogens with one attached hydrogen (secondary N) is 2. The molecule has 3 aromatic rings. The Balaban J connectivity index is 1.63. The van der Waals surface area contributed by atoms with Gasteiger partial charge in [0, 0.05) is 43.2 Å². The highest BCUT2D eigenvalue weighted by Gasteiger charge is 2.11. The van der Waals surface area contributed by atoms with Crippen LogP contribution >= 0.6 is 0 Å². The predicted molar refractivity (Wildman–Crippen MR) is 127 cm³/mol. The van der Waals surface area contributed by atoms with Gasteiger partial charge in [-0.15, -0.1) is 0 Å². The summed E-state index contributed by atoms with van der Waals surface area (Å²) in [6.45, 7) is 6.94. The highest BCUT2D eigenvalue weighted by atomic mass is 32.2. The van der Waals surface area contributed by atoms with Crippen LogP contribution in [0.25, 0.3) is 6.08 Å². The van der Waals surface area contributed by atoms with Crippen LogP contribution in [0.15, 0.2) is 71.9 Å².